The minimum atomic E-state index is -0.779. The number of carbonyl (C=O) groups excluding carboxylic acids is 1. The summed E-state index contributed by atoms with van der Waals surface area (Å²) in [6.45, 7) is 0. The highest BCUT2D eigenvalue weighted by atomic mass is 16.6. The smallest absolute Gasteiger partial charge is 0.336 e. The van der Waals surface area contributed by atoms with Crippen LogP contribution in [0, 0.1) is 10.1 Å². The van der Waals surface area contributed by atoms with Crippen LogP contribution in [-0.2, 0) is 4.79 Å². The van der Waals surface area contributed by atoms with Gasteiger partial charge >= 0.3 is 11.7 Å². The van der Waals surface area contributed by atoms with Gasteiger partial charge in [0, 0.05) is 35.4 Å². The third-order valence-corrected chi connectivity index (χ3v) is 3.95. The molecule has 0 bridgehead atoms. The molecule has 1 aromatic heterocycles. The first-order valence-corrected chi connectivity index (χ1v) is 8.17. The van der Waals surface area contributed by atoms with Crippen LogP contribution in [0.5, 0.6) is 17.2 Å². The van der Waals surface area contributed by atoms with Crippen molar-refractivity contribution in [1.82, 2.24) is 4.98 Å². The minimum Gasteiger partial charge on any atom is -0.497 e. The van der Waals surface area contributed by atoms with Crippen LogP contribution in [0.4, 0.5) is 5.69 Å². The topological polar surface area (TPSA) is 101 Å². The van der Waals surface area contributed by atoms with E-state index in [1.165, 1.54) is 32.6 Å². The minimum absolute atomic E-state index is 0.195. The standard InChI is InChI=1S/C20H16N2O6/c1-26-15-8-5-13(17(12-15)27-2)7-10-18(23)28-20-16(22(24)25)9-6-14-4-3-11-21-19(14)20/h3-12H,1-2H3/b10-7+. The maximum Gasteiger partial charge on any atom is 0.336 e. The molecule has 0 radical (unpaired) electrons. The monoisotopic (exact) mass is 380 g/mol. The number of hydrogen-bond acceptors (Lipinski definition) is 7. The van der Waals surface area contributed by atoms with E-state index in [2.05, 4.69) is 4.98 Å². The Morgan fingerprint density at radius 3 is 2.68 bits per heavy atom. The van der Waals surface area contributed by atoms with Crippen LogP contribution in [0.25, 0.3) is 17.0 Å². The molecule has 3 rings (SSSR count). The Hall–Kier alpha value is -3.94. The van der Waals surface area contributed by atoms with Crippen molar-refractivity contribution >= 4 is 28.6 Å². The number of esters is 1. The zero-order valence-electron chi connectivity index (χ0n) is 15.1. The van der Waals surface area contributed by atoms with Gasteiger partial charge in [0.1, 0.15) is 17.0 Å². The Kier molecular flexibility index (Phi) is 5.50. The predicted octanol–water partition coefficient (Wildman–Crippen LogP) is 3.78. The number of nitro benzene ring substituents is 1. The lowest BCUT2D eigenvalue weighted by Gasteiger charge is -2.08. The average Bonchev–Trinajstić information content (AvgIpc) is 2.72. The number of rotatable bonds is 6. The molecule has 142 valence electrons. The van der Waals surface area contributed by atoms with E-state index in [1.807, 2.05) is 0 Å². The van der Waals surface area contributed by atoms with Crippen LogP contribution in [-0.4, -0.2) is 30.1 Å². The van der Waals surface area contributed by atoms with Crippen LogP contribution >= 0.6 is 0 Å². The third-order valence-electron chi connectivity index (χ3n) is 3.95. The number of fused-ring (bicyclic) bond motifs is 1. The number of carbonyl (C=O) groups is 1. The van der Waals surface area contributed by atoms with Gasteiger partial charge in [-0.1, -0.05) is 6.07 Å². The number of aromatic nitrogens is 1. The second-order valence-electron chi connectivity index (χ2n) is 5.61. The van der Waals surface area contributed by atoms with Crippen molar-refractivity contribution in [1.29, 1.82) is 0 Å². The van der Waals surface area contributed by atoms with Crippen LogP contribution in [0.2, 0.25) is 0 Å². The molecular formula is C20H16N2O6. The number of pyridine rings is 1. The van der Waals surface area contributed by atoms with E-state index in [4.69, 9.17) is 14.2 Å². The van der Waals surface area contributed by atoms with Gasteiger partial charge in [-0.05, 0) is 30.3 Å². The van der Waals surface area contributed by atoms with Crippen LogP contribution < -0.4 is 14.2 Å². The summed E-state index contributed by atoms with van der Waals surface area (Å²) in [4.78, 5) is 27.1. The van der Waals surface area contributed by atoms with Gasteiger partial charge in [0.05, 0.1) is 19.1 Å². The first kappa shape index (κ1) is 18.8. The van der Waals surface area contributed by atoms with Crippen LogP contribution in [0.3, 0.4) is 0 Å². The fraction of sp³-hybridized carbons (Fsp3) is 0.100. The largest absolute Gasteiger partial charge is 0.497 e. The highest BCUT2D eigenvalue weighted by Crippen LogP contribution is 2.34. The van der Waals surface area contributed by atoms with Gasteiger partial charge < -0.3 is 14.2 Å². The molecule has 0 atom stereocenters. The normalized spacial score (nSPS) is 10.8. The molecule has 8 nitrogen and oxygen atoms in total. The number of nitrogens with zero attached hydrogens (tertiary/aromatic N) is 2. The van der Waals surface area contributed by atoms with Crippen molar-refractivity contribution in [2.45, 2.75) is 0 Å². The summed E-state index contributed by atoms with van der Waals surface area (Å²) in [6.07, 6.45) is 4.13. The fourth-order valence-corrected chi connectivity index (χ4v) is 2.60. The lowest BCUT2D eigenvalue weighted by atomic mass is 10.1. The van der Waals surface area contributed by atoms with Gasteiger partial charge in [-0.15, -0.1) is 0 Å². The van der Waals surface area contributed by atoms with Crippen molar-refractivity contribution in [3.05, 3.63) is 70.4 Å². The van der Waals surface area contributed by atoms with Crippen molar-refractivity contribution in [3.63, 3.8) is 0 Å². The molecule has 1 heterocycles. The maximum atomic E-state index is 12.3. The van der Waals surface area contributed by atoms with Crippen molar-refractivity contribution in [2.75, 3.05) is 14.2 Å². The molecule has 0 aliphatic carbocycles. The van der Waals surface area contributed by atoms with E-state index in [0.717, 1.165) is 6.08 Å². The van der Waals surface area contributed by atoms with Crippen molar-refractivity contribution in [3.8, 4) is 17.2 Å². The van der Waals surface area contributed by atoms with Crippen LogP contribution in [0.15, 0.2) is 54.7 Å². The zero-order valence-corrected chi connectivity index (χ0v) is 15.1. The van der Waals surface area contributed by atoms with Gasteiger partial charge in [0.15, 0.2) is 0 Å². The summed E-state index contributed by atoms with van der Waals surface area (Å²) >= 11 is 0. The molecule has 0 spiro atoms. The summed E-state index contributed by atoms with van der Waals surface area (Å²) < 4.78 is 15.7. The molecule has 0 unspecified atom stereocenters. The van der Waals surface area contributed by atoms with Gasteiger partial charge in [-0.2, -0.15) is 0 Å². The Bertz CT molecular complexity index is 1080. The van der Waals surface area contributed by atoms with Crippen molar-refractivity contribution < 1.29 is 23.9 Å². The molecule has 0 aliphatic heterocycles. The van der Waals surface area contributed by atoms with E-state index >= 15 is 0 Å². The van der Waals surface area contributed by atoms with E-state index < -0.39 is 10.9 Å². The molecule has 0 aliphatic rings. The number of benzene rings is 2. The summed E-state index contributed by atoms with van der Waals surface area (Å²) in [7, 11) is 3.03. The van der Waals surface area contributed by atoms with E-state index in [0.29, 0.717) is 22.4 Å². The summed E-state index contributed by atoms with van der Waals surface area (Å²) in [6, 6.07) is 11.3. The van der Waals surface area contributed by atoms with E-state index in [1.54, 1.807) is 36.4 Å². The Morgan fingerprint density at radius 1 is 1.14 bits per heavy atom. The molecule has 8 heteroatoms. The summed E-state index contributed by atoms with van der Waals surface area (Å²) in [5.74, 6) is 0.133. The number of hydrogen-bond donors (Lipinski definition) is 0. The summed E-state index contributed by atoms with van der Waals surface area (Å²) in [5, 5.41) is 11.9. The number of methoxy groups -OCH3 is 2. The predicted molar refractivity (Wildman–Crippen MR) is 103 cm³/mol. The molecule has 0 fully saturated rings. The fourth-order valence-electron chi connectivity index (χ4n) is 2.60. The Labute approximate surface area is 160 Å². The SMILES string of the molecule is COc1ccc(/C=C/C(=O)Oc2c([N+](=O)[O-])ccc3cccnc23)c(OC)c1. The van der Waals surface area contributed by atoms with Gasteiger partial charge in [0.25, 0.3) is 0 Å². The quantitative estimate of drug-likeness (QED) is 0.211. The maximum absolute atomic E-state index is 12.3. The zero-order chi connectivity index (χ0) is 20.1. The van der Waals surface area contributed by atoms with E-state index in [-0.39, 0.29) is 17.0 Å². The first-order chi connectivity index (χ1) is 13.5. The van der Waals surface area contributed by atoms with E-state index in [9.17, 15) is 14.9 Å². The molecule has 3 aromatic rings. The van der Waals surface area contributed by atoms with Gasteiger partial charge in [-0.3, -0.25) is 15.1 Å². The average molecular weight is 380 g/mol. The van der Waals surface area contributed by atoms with Gasteiger partial charge in [-0.25, -0.2) is 4.79 Å². The highest BCUT2D eigenvalue weighted by molar-refractivity contribution is 5.95. The van der Waals surface area contributed by atoms with Crippen LogP contribution in [0.1, 0.15) is 5.56 Å². The molecule has 28 heavy (non-hydrogen) atoms. The first-order valence-electron chi connectivity index (χ1n) is 8.17. The second kappa shape index (κ2) is 8.17. The molecule has 0 N–H and O–H groups in total. The number of ether oxygens (including phenoxy) is 3. The summed E-state index contributed by atoms with van der Waals surface area (Å²) in [5.41, 5.74) is 0.515. The van der Waals surface area contributed by atoms with Gasteiger partial charge in [0.2, 0.25) is 5.75 Å². The lowest BCUT2D eigenvalue weighted by Crippen LogP contribution is -2.07. The molecular weight excluding hydrogens is 364 g/mol. The Balaban J connectivity index is 1.91. The van der Waals surface area contributed by atoms with Crippen molar-refractivity contribution in [2.24, 2.45) is 0 Å². The second-order valence-corrected chi connectivity index (χ2v) is 5.61. The Morgan fingerprint density at radius 2 is 1.96 bits per heavy atom. The molecule has 0 saturated heterocycles. The third kappa shape index (κ3) is 3.90. The lowest BCUT2D eigenvalue weighted by molar-refractivity contribution is -0.385. The molecule has 2 aromatic carbocycles. The molecule has 0 saturated carbocycles. The highest BCUT2D eigenvalue weighted by Gasteiger charge is 2.21. The molecule has 0 amide bonds. The number of nitro groups is 1.